The van der Waals surface area contributed by atoms with Gasteiger partial charge >= 0.3 is 0 Å². The van der Waals surface area contributed by atoms with Gasteiger partial charge in [-0.1, -0.05) is 6.07 Å². The summed E-state index contributed by atoms with van der Waals surface area (Å²) in [6.07, 6.45) is 1.52. The van der Waals surface area contributed by atoms with E-state index in [9.17, 15) is 5.11 Å². The first-order chi connectivity index (χ1) is 7.25. The first kappa shape index (κ1) is 9.45. The highest BCUT2D eigenvalue weighted by atomic mass is 16.3. The lowest BCUT2D eigenvalue weighted by Gasteiger charge is -1.97. The van der Waals surface area contributed by atoms with E-state index in [1.165, 1.54) is 6.26 Å². The average Bonchev–Trinajstić information content (AvgIpc) is 2.72. The van der Waals surface area contributed by atoms with E-state index in [0.29, 0.717) is 11.6 Å². The minimum absolute atomic E-state index is 0.107. The highest BCUT2D eigenvalue weighted by molar-refractivity contribution is 5.52. The van der Waals surface area contributed by atoms with E-state index in [1.54, 1.807) is 30.3 Å². The fourth-order valence-electron chi connectivity index (χ4n) is 1.14. The van der Waals surface area contributed by atoms with Crippen LogP contribution in [0, 0.1) is 6.92 Å². The van der Waals surface area contributed by atoms with E-state index < -0.39 is 0 Å². The van der Waals surface area contributed by atoms with Gasteiger partial charge in [-0.2, -0.15) is 0 Å². The summed E-state index contributed by atoms with van der Waals surface area (Å²) in [6.45, 7) is 1.92. The zero-order chi connectivity index (χ0) is 10.7. The Kier molecular flexibility index (Phi) is 2.49. The van der Waals surface area contributed by atoms with Crippen LogP contribution in [-0.2, 0) is 0 Å². The van der Waals surface area contributed by atoms with Crippen LogP contribution in [0.2, 0.25) is 0 Å². The molecule has 2 rings (SSSR count). The minimum atomic E-state index is 0.107. The Balaban J connectivity index is 2.27. The molecule has 0 bridgehead atoms. The summed E-state index contributed by atoms with van der Waals surface area (Å²) >= 11 is 0. The summed E-state index contributed by atoms with van der Waals surface area (Å²) in [4.78, 5) is 0. The predicted octanol–water partition coefficient (Wildman–Crippen LogP) is 3.71. The third kappa shape index (κ3) is 2.22. The summed E-state index contributed by atoms with van der Waals surface area (Å²) in [5, 5.41) is 17.2. The Morgan fingerprint density at radius 3 is 2.80 bits per heavy atom. The maximum absolute atomic E-state index is 9.48. The maximum Gasteiger partial charge on any atom is 0.238 e. The Bertz CT molecular complexity index is 475. The van der Waals surface area contributed by atoms with Crippen LogP contribution in [0.25, 0.3) is 0 Å². The third-order valence-corrected chi connectivity index (χ3v) is 1.89. The lowest BCUT2D eigenvalue weighted by atomic mass is 10.2. The summed E-state index contributed by atoms with van der Waals surface area (Å²) in [5.74, 6) is 0.520. The van der Waals surface area contributed by atoms with Crippen LogP contribution in [-0.4, -0.2) is 5.11 Å². The number of furan rings is 1. The Labute approximate surface area is 86.9 Å². The number of azo groups is 1. The van der Waals surface area contributed by atoms with Gasteiger partial charge < -0.3 is 9.52 Å². The molecule has 0 spiro atoms. The van der Waals surface area contributed by atoms with Gasteiger partial charge in [0, 0.05) is 6.07 Å². The Morgan fingerprint density at radius 2 is 2.07 bits per heavy atom. The zero-order valence-electron chi connectivity index (χ0n) is 8.21. The second-order valence-electron chi connectivity index (χ2n) is 3.14. The zero-order valence-corrected chi connectivity index (χ0v) is 8.21. The van der Waals surface area contributed by atoms with Crippen molar-refractivity contribution in [2.45, 2.75) is 6.92 Å². The van der Waals surface area contributed by atoms with Gasteiger partial charge in [0.25, 0.3) is 0 Å². The first-order valence-corrected chi connectivity index (χ1v) is 4.50. The predicted molar refractivity (Wildman–Crippen MR) is 55.7 cm³/mol. The van der Waals surface area contributed by atoms with Crippen LogP contribution in [0.5, 0.6) is 5.75 Å². The van der Waals surface area contributed by atoms with Crippen LogP contribution in [0.4, 0.5) is 11.6 Å². The van der Waals surface area contributed by atoms with Gasteiger partial charge in [0.2, 0.25) is 5.88 Å². The van der Waals surface area contributed by atoms with Crippen LogP contribution in [0.1, 0.15) is 5.56 Å². The number of aromatic hydroxyl groups is 1. The number of rotatable bonds is 2. The van der Waals surface area contributed by atoms with E-state index in [4.69, 9.17) is 4.42 Å². The van der Waals surface area contributed by atoms with Gasteiger partial charge in [0.15, 0.2) is 0 Å². The van der Waals surface area contributed by atoms with E-state index in [2.05, 4.69) is 10.2 Å². The molecule has 1 heterocycles. The molecule has 15 heavy (non-hydrogen) atoms. The quantitative estimate of drug-likeness (QED) is 0.754. The molecule has 0 unspecified atom stereocenters. The second-order valence-corrected chi connectivity index (χ2v) is 3.14. The highest BCUT2D eigenvalue weighted by Crippen LogP contribution is 2.28. The van der Waals surface area contributed by atoms with Gasteiger partial charge in [-0.25, -0.2) is 0 Å². The largest absolute Gasteiger partial charge is 0.506 e. The molecule has 1 N–H and O–H groups in total. The lowest BCUT2D eigenvalue weighted by Crippen LogP contribution is -1.71. The molecule has 0 fully saturated rings. The molecule has 76 valence electrons. The second kappa shape index (κ2) is 3.96. The van der Waals surface area contributed by atoms with Crippen molar-refractivity contribution in [3.05, 3.63) is 42.2 Å². The van der Waals surface area contributed by atoms with Gasteiger partial charge in [-0.3, -0.25) is 0 Å². The fourth-order valence-corrected chi connectivity index (χ4v) is 1.14. The summed E-state index contributed by atoms with van der Waals surface area (Å²) in [7, 11) is 0. The van der Waals surface area contributed by atoms with E-state index in [-0.39, 0.29) is 5.75 Å². The van der Waals surface area contributed by atoms with Gasteiger partial charge in [0.1, 0.15) is 11.4 Å². The SMILES string of the molecule is Cc1ccc(O)c(N=Nc2ccco2)c1. The van der Waals surface area contributed by atoms with Gasteiger partial charge in [0.05, 0.1) is 6.26 Å². The van der Waals surface area contributed by atoms with Crippen molar-refractivity contribution in [2.75, 3.05) is 0 Å². The van der Waals surface area contributed by atoms with Gasteiger partial charge in [-0.05, 0) is 30.7 Å². The van der Waals surface area contributed by atoms with Crippen LogP contribution in [0.15, 0.2) is 51.2 Å². The molecule has 1 aromatic carbocycles. The molecule has 0 amide bonds. The third-order valence-electron chi connectivity index (χ3n) is 1.89. The van der Waals surface area contributed by atoms with E-state index >= 15 is 0 Å². The van der Waals surface area contributed by atoms with Gasteiger partial charge in [-0.15, -0.1) is 10.2 Å². The molecule has 0 saturated heterocycles. The van der Waals surface area contributed by atoms with Crippen molar-refractivity contribution >= 4 is 11.6 Å². The van der Waals surface area contributed by atoms with Crippen molar-refractivity contribution in [1.82, 2.24) is 0 Å². The van der Waals surface area contributed by atoms with Crippen molar-refractivity contribution in [2.24, 2.45) is 10.2 Å². The van der Waals surface area contributed by atoms with Crippen molar-refractivity contribution < 1.29 is 9.52 Å². The number of benzene rings is 1. The van der Waals surface area contributed by atoms with Crippen molar-refractivity contribution in [1.29, 1.82) is 0 Å². The van der Waals surface area contributed by atoms with Crippen LogP contribution < -0.4 is 0 Å². The number of hydrogen-bond donors (Lipinski definition) is 1. The molecule has 0 radical (unpaired) electrons. The number of phenols is 1. The Hall–Kier alpha value is -2.10. The molecule has 1 aromatic heterocycles. The number of aryl methyl sites for hydroxylation is 1. The lowest BCUT2D eigenvalue weighted by molar-refractivity contribution is 0.476. The number of nitrogens with zero attached hydrogens (tertiary/aromatic N) is 2. The fraction of sp³-hybridized carbons (Fsp3) is 0.0909. The molecule has 0 aliphatic carbocycles. The van der Waals surface area contributed by atoms with Crippen molar-refractivity contribution in [3.8, 4) is 5.75 Å². The molecular formula is C11H10N2O2. The van der Waals surface area contributed by atoms with E-state index in [1.807, 2.05) is 6.92 Å². The molecule has 0 aliphatic rings. The highest BCUT2D eigenvalue weighted by Gasteiger charge is 1.99. The van der Waals surface area contributed by atoms with Crippen LogP contribution >= 0.6 is 0 Å². The average molecular weight is 202 g/mol. The monoisotopic (exact) mass is 202 g/mol. The van der Waals surface area contributed by atoms with Crippen LogP contribution in [0.3, 0.4) is 0 Å². The number of phenolic OH excluding ortho intramolecular Hbond substituents is 1. The summed E-state index contributed by atoms with van der Waals surface area (Å²) < 4.78 is 4.98. The smallest absolute Gasteiger partial charge is 0.238 e. The molecule has 0 saturated carbocycles. The molecule has 4 nitrogen and oxygen atoms in total. The molecule has 0 atom stereocenters. The Morgan fingerprint density at radius 1 is 1.20 bits per heavy atom. The van der Waals surface area contributed by atoms with Crippen molar-refractivity contribution in [3.63, 3.8) is 0 Å². The molecule has 4 heteroatoms. The standard InChI is InChI=1S/C11H10N2O2/c1-8-4-5-10(14)9(7-8)12-13-11-3-2-6-15-11/h2-7,14H,1H3. The minimum Gasteiger partial charge on any atom is -0.506 e. The summed E-state index contributed by atoms with van der Waals surface area (Å²) in [5.41, 5.74) is 1.45. The first-order valence-electron chi connectivity index (χ1n) is 4.50. The number of hydrogen-bond acceptors (Lipinski definition) is 4. The van der Waals surface area contributed by atoms with E-state index in [0.717, 1.165) is 5.56 Å². The molecule has 0 aliphatic heterocycles. The molecule has 2 aromatic rings. The summed E-state index contributed by atoms with van der Waals surface area (Å²) in [6, 6.07) is 8.57. The topological polar surface area (TPSA) is 58.1 Å². The maximum atomic E-state index is 9.48. The normalized spacial score (nSPS) is 11.0. The molecular weight excluding hydrogens is 192 g/mol.